The van der Waals surface area contributed by atoms with E-state index in [4.69, 9.17) is 4.99 Å². The molecule has 136 valence electrons. The van der Waals surface area contributed by atoms with Gasteiger partial charge in [-0.05, 0) is 31.9 Å². The number of halogens is 1. The molecule has 0 aliphatic heterocycles. The van der Waals surface area contributed by atoms with Crippen LogP contribution < -0.4 is 10.1 Å². The number of aryl methyl sites for hydroxylation is 1. The Bertz CT molecular complexity index is 758. The van der Waals surface area contributed by atoms with E-state index in [1.807, 2.05) is 38.2 Å². The van der Waals surface area contributed by atoms with E-state index >= 15 is 0 Å². The van der Waals surface area contributed by atoms with Crippen molar-refractivity contribution in [3.05, 3.63) is 45.7 Å². The smallest absolute Gasteiger partial charge is 0.230 e. The molecule has 0 spiro atoms. The molecule has 25 heavy (non-hydrogen) atoms. The summed E-state index contributed by atoms with van der Waals surface area (Å²) in [6.45, 7) is 2.04. The highest BCUT2D eigenvalue weighted by Crippen LogP contribution is 2.20. The summed E-state index contributed by atoms with van der Waals surface area (Å²) in [5.74, 6) is 0.0106. The molecule has 6 heteroatoms. The summed E-state index contributed by atoms with van der Waals surface area (Å²) in [4.78, 5) is 18.2. The molecule has 0 atom stereocenters. The van der Waals surface area contributed by atoms with Crippen molar-refractivity contribution in [3.8, 4) is 0 Å². The summed E-state index contributed by atoms with van der Waals surface area (Å²) < 4.78 is 2.06. The Hall–Kier alpha value is -1.59. The first-order chi connectivity index (χ1) is 11.6. The summed E-state index contributed by atoms with van der Waals surface area (Å²) >= 11 is 1.64. The molecule has 2 aromatic rings. The lowest BCUT2D eigenvalue weighted by Gasteiger charge is -2.16. The van der Waals surface area contributed by atoms with Crippen molar-refractivity contribution in [1.82, 2.24) is 4.57 Å². The molecule has 4 nitrogen and oxygen atoms in total. The number of nitrogens with zero attached hydrogens (tertiary/aromatic N) is 2. The van der Waals surface area contributed by atoms with Crippen molar-refractivity contribution in [2.45, 2.75) is 51.5 Å². The van der Waals surface area contributed by atoms with Gasteiger partial charge in [0.1, 0.15) is 0 Å². The van der Waals surface area contributed by atoms with Gasteiger partial charge in [-0.1, -0.05) is 37.0 Å². The van der Waals surface area contributed by atoms with E-state index in [9.17, 15) is 4.79 Å². The van der Waals surface area contributed by atoms with Gasteiger partial charge in [-0.25, -0.2) is 0 Å². The van der Waals surface area contributed by atoms with Gasteiger partial charge in [0.15, 0.2) is 4.80 Å². The van der Waals surface area contributed by atoms with Crippen LogP contribution in [0.3, 0.4) is 0 Å². The fraction of sp³-hybridized carbons (Fsp3) is 0.474. The summed E-state index contributed by atoms with van der Waals surface area (Å²) in [5, 5.41) is 5.01. The average molecular weight is 380 g/mol. The van der Waals surface area contributed by atoms with E-state index < -0.39 is 0 Å². The van der Waals surface area contributed by atoms with Crippen LogP contribution in [0.15, 0.2) is 34.6 Å². The number of thiazole rings is 1. The highest BCUT2D eigenvalue weighted by atomic mass is 35.5. The molecule has 1 N–H and O–H groups in total. The van der Waals surface area contributed by atoms with Crippen LogP contribution in [0.5, 0.6) is 0 Å². The predicted octanol–water partition coefficient (Wildman–Crippen LogP) is 4.23. The summed E-state index contributed by atoms with van der Waals surface area (Å²) in [5.41, 5.74) is 3.04. The molecule has 1 saturated carbocycles. The Labute approximate surface area is 159 Å². The van der Waals surface area contributed by atoms with Crippen LogP contribution in [-0.2, 0) is 18.3 Å². The zero-order chi connectivity index (χ0) is 16.9. The number of carbonyl (C=O) groups is 1. The predicted molar refractivity (Wildman–Crippen MR) is 106 cm³/mol. The molecular weight excluding hydrogens is 354 g/mol. The highest BCUT2D eigenvalue weighted by Gasteiger charge is 2.13. The van der Waals surface area contributed by atoms with E-state index in [1.54, 1.807) is 11.3 Å². The van der Waals surface area contributed by atoms with Gasteiger partial charge in [0.2, 0.25) is 5.91 Å². The second-order valence-corrected chi connectivity index (χ2v) is 7.42. The molecule has 0 bridgehead atoms. The topological polar surface area (TPSA) is 46.4 Å². The maximum Gasteiger partial charge on any atom is 0.230 e. The van der Waals surface area contributed by atoms with E-state index in [0.29, 0.717) is 12.5 Å². The van der Waals surface area contributed by atoms with Gasteiger partial charge in [-0.2, -0.15) is 0 Å². The van der Waals surface area contributed by atoms with Crippen molar-refractivity contribution in [2.75, 3.05) is 5.32 Å². The molecule has 0 radical (unpaired) electrons. The minimum atomic E-state index is 0. The Balaban J connectivity index is 0.00000225. The number of hydrogen-bond donors (Lipinski definition) is 1. The molecular formula is C19H26ClN3OS. The minimum absolute atomic E-state index is 0. The third-order valence-corrected chi connectivity index (χ3v) is 5.54. The molecule has 1 aliphatic rings. The quantitative estimate of drug-likeness (QED) is 0.848. The number of rotatable bonds is 4. The standard InChI is InChI=1S/C19H25N3OS.ClH/c1-14-8-10-16(11-9-14)20-18(23)12-17-13-24-19(22(17)2)21-15-6-4-3-5-7-15;/h8-11,13,15H,3-7,12H2,1-2H3,(H,20,23);1H. The van der Waals surface area contributed by atoms with Crippen LogP contribution in [-0.4, -0.2) is 16.5 Å². The number of aromatic nitrogens is 1. The number of amides is 1. The Morgan fingerprint density at radius 1 is 1.24 bits per heavy atom. The van der Waals surface area contributed by atoms with Gasteiger partial charge in [-0.3, -0.25) is 9.79 Å². The first-order valence-corrected chi connectivity index (χ1v) is 9.53. The van der Waals surface area contributed by atoms with Crippen molar-refractivity contribution in [2.24, 2.45) is 12.0 Å². The number of anilines is 1. The normalized spacial score (nSPS) is 15.7. The summed E-state index contributed by atoms with van der Waals surface area (Å²) in [6, 6.07) is 8.33. The molecule has 1 amide bonds. The first kappa shape index (κ1) is 19.7. The summed E-state index contributed by atoms with van der Waals surface area (Å²) in [6.07, 6.45) is 6.68. The Morgan fingerprint density at radius 2 is 1.92 bits per heavy atom. The van der Waals surface area contributed by atoms with Crippen molar-refractivity contribution < 1.29 is 4.79 Å². The largest absolute Gasteiger partial charge is 0.326 e. The third-order valence-electron chi connectivity index (χ3n) is 4.56. The Morgan fingerprint density at radius 3 is 2.60 bits per heavy atom. The molecule has 0 saturated heterocycles. The lowest BCUT2D eigenvalue weighted by molar-refractivity contribution is -0.115. The lowest BCUT2D eigenvalue weighted by atomic mass is 9.96. The van der Waals surface area contributed by atoms with Crippen LogP contribution in [0.4, 0.5) is 5.69 Å². The van der Waals surface area contributed by atoms with Gasteiger partial charge in [0.25, 0.3) is 0 Å². The number of carbonyl (C=O) groups excluding carboxylic acids is 1. The van der Waals surface area contributed by atoms with Crippen LogP contribution in [0.25, 0.3) is 0 Å². The molecule has 1 fully saturated rings. The van der Waals surface area contributed by atoms with E-state index in [0.717, 1.165) is 16.2 Å². The maximum absolute atomic E-state index is 12.3. The highest BCUT2D eigenvalue weighted by molar-refractivity contribution is 7.07. The molecule has 0 unspecified atom stereocenters. The minimum Gasteiger partial charge on any atom is -0.326 e. The molecule has 3 rings (SSSR count). The van der Waals surface area contributed by atoms with Gasteiger partial charge < -0.3 is 9.88 Å². The third kappa shape index (κ3) is 5.44. The molecule has 1 aromatic heterocycles. The molecule has 1 aromatic carbocycles. The van der Waals surface area contributed by atoms with E-state index in [-0.39, 0.29) is 18.3 Å². The lowest BCUT2D eigenvalue weighted by Crippen LogP contribution is -2.22. The van der Waals surface area contributed by atoms with Gasteiger partial charge in [0.05, 0.1) is 12.5 Å². The van der Waals surface area contributed by atoms with Crippen LogP contribution >= 0.6 is 23.7 Å². The monoisotopic (exact) mass is 379 g/mol. The molecule has 1 aliphatic carbocycles. The Kier molecular flexibility index (Phi) is 7.26. The van der Waals surface area contributed by atoms with Crippen molar-refractivity contribution in [3.63, 3.8) is 0 Å². The fourth-order valence-corrected chi connectivity index (χ4v) is 4.02. The number of nitrogens with one attached hydrogen (secondary N) is 1. The maximum atomic E-state index is 12.3. The molecule has 1 heterocycles. The SMILES string of the molecule is Cc1ccc(NC(=O)Cc2csc(=NC3CCCCC3)n2C)cc1.Cl. The van der Waals surface area contributed by atoms with Crippen LogP contribution in [0, 0.1) is 6.92 Å². The van der Waals surface area contributed by atoms with Gasteiger partial charge in [0, 0.05) is 23.8 Å². The second kappa shape index (κ2) is 9.20. The average Bonchev–Trinajstić information content (AvgIpc) is 2.91. The zero-order valence-corrected chi connectivity index (χ0v) is 16.5. The summed E-state index contributed by atoms with van der Waals surface area (Å²) in [7, 11) is 2.01. The van der Waals surface area contributed by atoms with E-state index in [2.05, 4.69) is 15.3 Å². The first-order valence-electron chi connectivity index (χ1n) is 8.65. The van der Waals surface area contributed by atoms with Crippen molar-refractivity contribution in [1.29, 1.82) is 0 Å². The van der Waals surface area contributed by atoms with Crippen molar-refractivity contribution >= 4 is 35.3 Å². The van der Waals surface area contributed by atoms with E-state index in [1.165, 1.54) is 37.7 Å². The zero-order valence-electron chi connectivity index (χ0n) is 14.8. The van der Waals surface area contributed by atoms with Gasteiger partial charge >= 0.3 is 0 Å². The number of hydrogen-bond acceptors (Lipinski definition) is 3. The van der Waals surface area contributed by atoms with Crippen LogP contribution in [0.1, 0.15) is 43.4 Å². The number of benzene rings is 1. The van der Waals surface area contributed by atoms with Gasteiger partial charge in [-0.15, -0.1) is 23.7 Å². The second-order valence-electron chi connectivity index (χ2n) is 6.58. The fourth-order valence-electron chi connectivity index (χ4n) is 3.05. The van der Waals surface area contributed by atoms with Crippen LogP contribution in [0.2, 0.25) is 0 Å².